The van der Waals surface area contributed by atoms with Crippen LogP contribution in [0.25, 0.3) is 11.3 Å². The van der Waals surface area contributed by atoms with E-state index in [2.05, 4.69) is 14.9 Å². The van der Waals surface area contributed by atoms with Crippen LogP contribution in [0.3, 0.4) is 0 Å². The Morgan fingerprint density at radius 1 is 1.08 bits per heavy atom. The van der Waals surface area contributed by atoms with E-state index in [1.54, 1.807) is 24.5 Å². The Morgan fingerprint density at radius 2 is 1.92 bits per heavy atom. The molecule has 0 bridgehead atoms. The molecule has 2 aromatic rings. The van der Waals surface area contributed by atoms with Gasteiger partial charge in [-0.3, -0.25) is 14.9 Å². The van der Waals surface area contributed by atoms with Crippen molar-refractivity contribution < 1.29 is 9.13 Å². The molecule has 0 radical (unpaired) electrons. The minimum atomic E-state index is -0.235. The average molecular weight is 341 g/mol. The predicted molar refractivity (Wildman–Crippen MR) is 94.8 cm³/mol. The number of hydrogen-bond donors (Lipinski definition) is 0. The first kappa shape index (κ1) is 16.6. The summed E-state index contributed by atoms with van der Waals surface area (Å²) in [6.07, 6.45) is 7.96. The Bertz CT molecular complexity index is 718. The van der Waals surface area contributed by atoms with Crippen molar-refractivity contribution in [2.75, 3.05) is 26.3 Å². The van der Waals surface area contributed by atoms with Crippen molar-refractivity contribution >= 4 is 0 Å². The third-order valence-corrected chi connectivity index (χ3v) is 5.37. The van der Waals surface area contributed by atoms with Crippen molar-refractivity contribution in [1.29, 1.82) is 0 Å². The fraction of sp³-hybridized carbons (Fsp3) is 0.500. The SMILES string of the molecule is Fc1cccc(-c2nccnc2C2CCCN(C3CCOCC3)C2)c1. The van der Waals surface area contributed by atoms with Crippen LogP contribution in [0.2, 0.25) is 0 Å². The van der Waals surface area contributed by atoms with E-state index in [-0.39, 0.29) is 5.82 Å². The molecule has 0 saturated carbocycles. The highest BCUT2D eigenvalue weighted by Gasteiger charge is 2.30. The minimum absolute atomic E-state index is 0.235. The van der Waals surface area contributed by atoms with Gasteiger partial charge in [0.15, 0.2) is 0 Å². The number of nitrogens with zero attached hydrogens (tertiary/aromatic N) is 3. The van der Waals surface area contributed by atoms with E-state index in [0.29, 0.717) is 12.0 Å². The summed E-state index contributed by atoms with van der Waals surface area (Å²) in [5.41, 5.74) is 2.64. The smallest absolute Gasteiger partial charge is 0.123 e. The number of likely N-dealkylation sites (tertiary alicyclic amines) is 1. The quantitative estimate of drug-likeness (QED) is 0.854. The second kappa shape index (κ2) is 7.58. The second-order valence-electron chi connectivity index (χ2n) is 6.98. The molecule has 1 unspecified atom stereocenters. The maximum Gasteiger partial charge on any atom is 0.123 e. The zero-order valence-electron chi connectivity index (χ0n) is 14.4. The van der Waals surface area contributed by atoms with Gasteiger partial charge in [0.25, 0.3) is 0 Å². The number of benzene rings is 1. The molecule has 2 aliphatic heterocycles. The lowest BCUT2D eigenvalue weighted by Crippen LogP contribution is -2.44. The van der Waals surface area contributed by atoms with Crippen LogP contribution in [-0.4, -0.2) is 47.2 Å². The maximum absolute atomic E-state index is 13.7. The van der Waals surface area contributed by atoms with E-state index in [0.717, 1.165) is 62.5 Å². The molecule has 4 rings (SSSR count). The van der Waals surface area contributed by atoms with E-state index in [9.17, 15) is 4.39 Å². The summed E-state index contributed by atoms with van der Waals surface area (Å²) < 4.78 is 19.2. The molecule has 0 amide bonds. The summed E-state index contributed by atoms with van der Waals surface area (Å²) in [6, 6.07) is 7.28. The first-order valence-corrected chi connectivity index (χ1v) is 9.20. The summed E-state index contributed by atoms with van der Waals surface area (Å²) >= 11 is 0. The highest BCUT2D eigenvalue weighted by Crippen LogP contribution is 2.33. The minimum Gasteiger partial charge on any atom is -0.381 e. The van der Waals surface area contributed by atoms with Gasteiger partial charge in [-0.2, -0.15) is 0 Å². The van der Waals surface area contributed by atoms with Gasteiger partial charge in [0, 0.05) is 49.7 Å². The van der Waals surface area contributed by atoms with Crippen molar-refractivity contribution in [3.05, 3.63) is 48.2 Å². The van der Waals surface area contributed by atoms with Crippen molar-refractivity contribution in [3.8, 4) is 11.3 Å². The van der Waals surface area contributed by atoms with Crippen LogP contribution in [0.1, 0.15) is 37.3 Å². The normalized spacial score (nSPS) is 22.8. The molecule has 3 heterocycles. The molecule has 2 aliphatic rings. The van der Waals surface area contributed by atoms with Crippen LogP contribution in [0.4, 0.5) is 4.39 Å². The van der Waals surface area contributed by atoms with Crippen molar-refractivity contribution in [1.82, 2.24) is 14.9 Å². The molecular formula is C20H24FN3O. The molecule has 2 saturated heterocycles. The molecule has 5 heteroatoms. The number of hydrogen-bond acceptors (Lipinski definition) is 4. The maximum atomic E-state index is 13.7. The summed E-state index contributed by atoms with van der Waals surface area (Å²) in [4.78, 5) is 11.8. The molecule has 1 atom stereocenters. The number of halogens is 1. The lowest BCUT2D eigenvalue weighted by atomic mass is 9.90. The van der Waals surface area contributed by atoms with Crippen molar-refractivity contribution in [2.45, 2.75) is 37.6 Å². The van der Waals surface area contributed by atoms with E-state index >= 15 is 0 Å². The Labute approximate surface area is 148 Å². The first-order valence-electron chi connectivity index (χ1n) is 9.20. The molecular weight excluding hydrogens is 317 g/mol. The van der Waals surface area contributed by atoms with E-state index in [1.807, 2.05) is 6.07 Å². The number of ether oxygens (including phenoxy) is 1. The second-order valence-corrected chi connectivity index (χ2v) is 6.98. The lowest BCUT2D eigenvalue weighted by Gasteiger charge is -2.40. The standard InChI is InChI=1S/C20H24FN3O/c21-17-5-1-3-15(13-17)19-20(23-9-8-22-19)16-4-2-10-24(14-16)18-6-11-25-12-7-18/h1,3,5,8-9,13,16,18H,2,4,6-7,10-12,14H2. The Hall–Kier alpha value is -1.85. The third kappa shape index (κ3) is 3.72. The lowest BCUT2D eigenvalue weighted by molar-refractivity contribution is 0.0238. The van der Waals surface area contributed by atoms with Gasteiger partial charge in [-0.25, -0.2) is 4.39 Å². The van der Waals surface area contributed by atoms with Crippen molar-refractivity contribution in [2.24, 2.45) is 0 Å². The monoisotopic (exact) mass is 341 g/mol. The van der Waals surface area contributed by atoms with Gasteiger partial charge in [-0.05, 0) is 44.4 Å². The largest absolute Gasteiger partial charge is 0.381 e. The summed E-state index contributed by atoms with van der Waals surface area (Å²) in [7, 11) is 0. The number of piperidine rings is 1. The van der Waals surface area contributed by atoms with Crippen LogP contribution in [0, 0.1) is 5.82 Å². The fourth-order valence-electron chi connectivity index (χ4n) is 4.12. The molecule has 0 N–H and O–H groups in total. The summed E-state index contributed by atoms with van der Waals surface area (Å²) in [6.45, 7) is 3.89. The molecule has 25 heavy (non-hydrogen) atoms. The number of aromatic nitrogens is 2. The molecule has 1 aromatic carbocycles. The van der Waals surface area contributed by atoms with Gasteiger partial charge in [-0.1, -0.05) is 12.1 Å². The zero-order chi connectivity index (χ0) is 17.1. The van der Waals surface area contributed by atoms with Crippen LogP contribution < -0.4 is 0 Å². The Morgan fingerprint density at radius 3 is 2.76 bits per heavy atom. The topological polar surface area (TPSA) is 38.2 Å². The molecule has 1 aromatic heterocycles. The van der Waals surface area contributed by atoms with Crippen LogP contribution >= 0.6 is 0 Å². The first-order chi connectivity index (χ1) is 12.3. The van der Waals surface area contributed by atoms with E-state index in [4.69, 9.17) is 4.74 Å². The third-order valence-electron chi connectivity index (χ3n) is 5.37. The van der Waals surface area contributed by atoms with Gasteiger partial charge in [0.1, 0.15) is 5.82 Å². The van der Waals surface area contributed by atoms with E-state index in [1.165, 1.54) is 12.5 Å². The zero-order valence-corrected chi connectivity index (χ0v) is 14.4. The molecule has 0 spiro atoms. The van der Waals surface area contributed by atoms with Gasteiger partial charge in [0.2, 0.25) is 0 Å². The Kier molecular flexibility index (Phi) is 5.04. The van der Waals surface area contributed by atoms with Crippen LogP contribution in [0.5, 0.6) is 0 Å². The predicted octanol–water partition coefficient (Wildman–Crippen LogP) is 3.64. The van der Waals surface area contributed by atoms with Gasteiger partial charge >= 0.3 is 0 Å². The average Bonchev–Trinajstić information content (AvgIpc) is 2.69. The van der Waals surface area contributed by atoms with Crippen molar-refractivity contribution in [3.63, 3.8) is 0 Å². The van der Waals surface area contributed by atoms with Crippen LogP contribution in [-0.2, 0) is 4.74 Å². The summed E-state index contributed by atoms with van der Waals surface area (Å²) in [5, 5.41) is 0. The van der Waals surface area contributed by atoms with Crippen LogP contribution in [0.15, 0.2) is 36.7 Å². The van der Waals surface area contributed by atoms with Gasteiger partial charge < -0.3 is 4.74 Å². The molecule has 0 aliphatic carbocycles. The highest BCUT2D eigenvalue weighted by atomic mass is 19.1. The number of rotatable bonds is 3. The van der Waals surface area contributed by atoms with Gasteiger partial charge in [0.05, 0.1) is 11.4 Å². The molecule has 132 valence electrons. The van der Waals surface area contributed by atoms with E-state index < -0.39 is 0 Å². The molecule has 4 nitrogen and oxygen atoms in total. The van der Waals surface area contributed by atoms with Gasteiger partial charge in [-0.15, -0.1) is 0 Å². The highest BCUT2D eigenvalue weighted by molar-refractivity contribution is 5.62. The Balaban J connectivity index is 1.59. The summed E-state index contributed by atoms with van der Waals surface area (Å²) in [5.74, 6) is 0.116. The molecule has 2 fully saturated rings. The fourth-order valence-corrected chi connectivity index (χ4v) is 4.12.